The van der Waals surface area contributed by atoms with E-state index in [-0.39, 0.29) is 0 Å². The van der Waals surface area contributed by atoms with Crippen molar-refractivity contribution in [3.8, 4) is 67.0 Å². The maximum absolute atomic E-state index is 5.00. The molecule has 1 aliphatic rings. The molecule has 0 radical (unpaired) electrons. The van der Waals surface area contributed by atoms with Crippen molar-refractivity contribution in [1.82, 2.24) is 14.4 Å². The second kappa shape index (κ2) is 10.1. The van der Waals surface area contributed by atoms with Crippen LogP contribution in [0.5, 0.6) is 0 Å². The molecular formula is C44H27N3. The predicted molar refractivity (Wildman–Crippen MR) is 194 cm³/mol. The summed E-state index contributed by atoms with van der Waals surface area (Å²) in [6.07, 6.45) is 6.03. The maximum Gasteiger partial charge on any atom is 0.137 e. The average molecular weight is 598 g/mol. The Balaban J connectivity index is 1.23. The van der Waals surface area contributed by atoms with Gasteiger partial charge in [0.05, 0.1) is 11.4 Å². The van der Waals surface area contributed by atoms with E-state index in [1.54, 1.807) is 0 Å². The molecule has 0 fully saturated rings. The Hall–Kier alpha value is -6.32. The van der Waals surface area contributed by atoms with Crippen LogP contribution in [-0.2, 0) is 0 Å². The fraction of sp³-hybridized carbons (Fsp3) is 0. The number of aromatic nitrogens is 3. The van der Waals surface area contributed by atoms with E-state index >= 15 is 0 Å². The van der Waals surface area contributed by atoms with Gasteiger partial charge < -0.3 is 4.40 Å². The van der Waals surface area contributed by atoms with Crippen LogP contribution in [0.25, 0.3) is 94.2 Å². The number of fused-ring (bicyclic) bond motifs is 5. The van der Waals surface area contributed by atoms with E-state index in [0.29, 0.717) is 0 Å². The first kappa shape index (κ1) is 26.0. The molecule has 3 heteroatoms. The Labute approximate surface area is 272 Å². The van der Waals surface area contributed by atoms with Crippen LogP contribution in [0.3, 0.4) is 0 Å². The van der Waals surface area contributed by atoms with Crippen LogP contribution in [0.1, 0.15) is 0 Å². The van der Waals surface area contributed by atoms with Gasteiger partial charge in [0, 0.05) is 29.7 Å². The number of hydrogen-bond acceptors (Lipinski definition) is 2. The van der Waals surface area contributed by atoms with Gasteiger partial charge >= 0.3 is 0 Å². The van der Waals surface area contributed by atoms with Crippen LogP contribution < -0.4 is 0 Å². The van der Waals surface area contributed by atoms with Gasteiger partial charge in [0.2, 0.25) is 0 Å². The highest BCUT2D eigenvalue weighted by atomic mass is 15.0. The molecule has 0 saturated heterocycles. The third-order valence-corrected chi connectivity index (χ3v) is 9.62. The molecule has 0 atom stereocenters. The van der Waals surface area contributed by atoms with E-state index in [4.69, 9.17) is 9.97 Å². The highest BCUT2D eigenvalue weighted by Gasteiger charge is 2.31. The summed E-state index contributed by atoms with van der Waals surface area (Å²) in [6, 6.07) is 52.3. The van der Waals surface area contributed by atoms with Gasteiger partial charge in [0.1, 0.15) is 5.65 Å². The maximum atomic E-state index is 5.00. The van der Waals surface area contributed by atoms with Crippen LogP contribution in [0.4, 0.5) is 0 Å². The predicted octanol–water partition coefficient (Wildman–Crippen LogP) is 11.4. The molecule has 0 bridgehead atoms. The summed E-state index contributed by atoms with van der Waals surface area (Å²) in [5.41, 5.74) is 15.1. The number of benzene rings is 6. The average Bonchev–Trinajstić information content (AvgIpc) is 3.72. The van der Waals surface area contributed by atoms with Crippen molar-refractivity contribution in [3.05, 3.63) is 164 Å². The number of imidazole rings is 1. The van der Waals surface area contributed by atoms with Crippen LogP contribution in [0, 0.1) is 0 Å². The SMILES string of the molecule is c1ccc(-c2c3c(c(-c4ccccc4)c4ccccc24)-c2ccc(-c4ccc(-c5cn6ccccc6n5)cn4)c4cccc-3c24)cc1. The Morgan fingerprint density at radius 3 is 1.68 bits per heavy atom. The first-order chi connectivity index (χ1) is 23.3. The van der Waals surface area contributed by atoms with Gasteiger partial charge in [-0.15, -0.1) is 0 Å². The lowest BCUT2D eigenvalue weighted by molar-refractivity contribution is 1.19. The van der Waals surface area contributed by atoms with E-state index in [0.717, 1.165) is 28.2 Å². The first-order valence-corrected chi connectivity index (χ1v) is 16.0. The Morgan fingerprint density at radius 1 is 0.404 bits per heavy atom. The minimum absolute atomic E-state index is 0.917. The van der Waals surface area contributed by atoms with Gasteiger partial charge in [0.15, 0.2) is 0 Å². The fourth-order valence-electron chi connectivity index (χ4n) is 7.61. The Kier molecular flexibility index (Phi) is 5.57. The number of nitrogens with zero attached hydrogens (tertiary/aromatic N) is 3. The molecule has 0 spiro atoms. The van der Waals surface area contributed by atoms with Crippen LogP contribution >= 0.6 is 0 Å². The summed E-state index contributed by atoms with van der Waals surface area (Å²) in [5, 5.41) is 5.04. The van der Waals surface area contributed by atoms with Crippen molar-refractivity contribution in [2.45, 2.75) is 0 Å². The monoisotopic (exact) mass is 597 g/mol. The fourth-order valence-corrected chi connectivity index (χ4v) is 7.61. The van der Waals surface area contributed by atoms with Crippen molar-refractivity contribution in [1.29, 1.82) is 0 Å². The molecule has 1 aliphatic carbocycles. The van der Waals surface area contributed by atoms with Crippen molar-refractivity contribution in [2.24, 2.45) is 0 Å². The molecule has 0 unspecified atom stereocenters. The summed E-state index contributed by atoms with van der Waals surface area (Å²) in [6.45, 7) is 0. The van der Waals surface area contributed by atoms with E-state index < -0.39 is 0 Å². The van der Waals surface area contributed by atoms with E-state index in [2.05, 4.69) is 134 Å². The van der Waals surface area contributed by atoms with Gasteiger partial charge in [-0.05, 0) is 90.3 Å². The van der Waals surface area contributed by atoms with Crippen molar-refractivity contribution in [2.75, 3.05) is 0 Å². The van der Waals surface area contributed by atoms with Gasteiger partial charge in [-0.1, -0.05) is 121 Å². The van der Waals surface area contributed by atoms with Gasteiger partial charge in [-0.2, -0.15) is 0 Å². The quantitative estimate of drug-likeness (QED) is 0.202. The Bertz CT molecular complexity index is 2530. The molecule has 3 heterocycles. The number of pyridine rings is 2. The molecule has 6 aromatic carbocycles. The standard InChI is InChI=1S/C44H27N3/c1-3-12-28(13-4-1)40-33-16-7-8-17-34(33)41(29-14-5-2-6-15-29)44-36-23-22-31(32-18-11-19-35(42(32)36)43(40)44)37-24-21-30(26-45-37)38-27-47-25-10-9-20-39(47)46-38/h1-27H. The number of hydrogen-bond donors (Lipinski definition) is 0. The number of rotatable bonds is 4. The molecule has 0 saturated carbocycles. The highest BCUT2D eigenvalue weighted by molar-refractivity contribution is 6.28. The third kappa shape index (κ3) is 3.87. The van der Waals surface area contributed by atoms with Crippen LogP contribution in [-0.4, -0.2) is 14.4 Å². The zero-order valence-electron chi connectivity index (χ0n) is 25.4. The van der Waals surface area contributed by atoms with Gasteiger partial charge in [-0.3, -0.25) is 4.98 Å². The second-order valence-corrected chi connectivity index (χ2v) is 12.2. The zero-order chi connectivity index (χ0) is 30.9. The van der Waals surface area contributed by atoms with E-state index in [9.17, 15) is 0 Å². The normalized spacial score (nSPS) is 11.8. The van der Waals surface area contributed by atoms with Gasteiger partial charge in [-0.25, -0.2) is 4.98 Å². The Morgan fingerprint density at radius 2 is 1.02 bits per heavy atom. The molecule has 3 aromatic heterocycles. The minimum atomic E-state index is 0.917. The summed E-state index contributed by atoms with van der Waals surface area (Å²) < 4.78 is 2.04. The largest absolute Gasteiger partial charge is 0.306 e. The second-order valence-electron chi connectivity index (χ2n) is 12.2. The van der Waals surface area contributed by atoms with Crippen molar-refractivity contribution < 1.29 is 0 Å². The van der Waals surface area contributed by atoms with E-state index in [1.807, 2.05) is 35.0 Å². The molecule has 3 nitrogen and oxygen atoms in total. The van der Waals surface area contributed by atoms with Crippen molar-refractivity contribution >= 4 is 27.2 Å². The third-order valence-electron chi connectivity index (χ3n) is 9.62. The lowest BCUT2D eigenvalue weighted by atomic mass is 9.82. The molecule has 9 aromatic rings. The topological polar surface area (TPSA) is 30.2 Å². The minimum Gasteiger partial charge on any atom is -0.306 e. The molecular weight excluding hydrogens is 571 g/mol. The lowest BCUT2D eigenvalue weighted by Gasteiger charge is -2.20. The lowest BCUT2D eigenvalue weighted by Crippen LogP contribution is -1.93. The molecule has 0 aliphatic heterocycles. The van der Waals surface area contributed by atoms with Crippen LogP contribution in [0.2, 0.25) is 0 Å². The molecule has 218 valence electrons. The van der Waals surface area contributed by atoms with E-state index in [1.165, 1.54) is 66.1 Å². The first-order valence-electron chi connectivity index (χ1n) is 16.0. The summed E-state index contributed by atoms with van der Waals surface area (Å²) >= 11 is 0. The van der Waals surface area contributed by atoms with Gasteiger partial charge in [0.25, 0.3) is 0 Å². The summed E-state index contributed by atoms with van der Waals surface area (Å²) in [7, 11) is 0. The highest BCUT2D eigenvalue weighted by Crippen LogP contribution is 2.58. The zero-order valence-corrected chi connectivity index (χ0v) is 25.4. The molecule has 0 N–H and O–H groups in total. The van der Waals surface area contributed by atoms with Crippen molar-refractivity contribution in [3.63, 3.8) is 0 Å². The molecule has 0 amide bonds. The molecule has 47 heavy (non-hydrogen) atoms. The summed E-state index contributed by atoms with van der Waals surface area (Å²) in [5.74, 6) is 0. The molecule has 10 rings (SSSR count). The van der Waals surface area contributed by atoms with Crippen LogP contribution in [0.15, 0.2) is 164 Å². The summed E-state index contributed by atoms with van der Waals surface area (Å²) in [4.78, 5) is 9.80. The smallest absolute Gasteiger partial charge is 0.137 e.